The molecule has 25 heavy (non-hydrogen) atoms. The molecule has 7 nitrogen and oxygen atoms in total. The summed E-state index contributed by atoms with van der Waals surface area (Å²) < 4.78 is 22.5. The van der Waals surface area contributed by atoms with E-state index in [2.05, 4.69) is 5.32 Å². The van der Waals surface area contributed by atoms with Gasteiger partial charge in [0.05, 0.1) is 27.9 Å². The van der Waals surface area contributed by atoms with Crippen molar-refractivity contribution in [3.05, 3.63) is 35.9 Å². The largest absolute Gasteiger partial charge is 0.493 e. The number of benzene rings is 2. The molecule has 1 unspecified atom stereocenters. The van der Waals surface area contributed by atoms with E-state index in [0.717, 1.165) is 16.7 Å². The first kappa shape index (κ1) is 16.8. The fourth-order valence-electron chi connectivity index (χ4n) is 3.03. The molecule has 1 aliphatic rings. The highest BCUT2D eigenvalue weighted by Crippen LogP contribution is 2.53. The van der Waals surface area contributed by atoms with E-state index in [1.807, 2.05) is 24.3 Å². The van der Waals surface area contributed by atoms with Crippen LogP contribution < -0.4 is 24.3 Å². The van der Waals surface area contributed by atoms with Crippen LogP contribution in [0.1, 0.15) is 11.7 Å². The van der Waals surface area contributed by atoms with Gasteiger partial charge in [-0.25, -0.2) is 4.79 Å². The van der Waals surface area contributed by atoms with Crippen molar-refractivity contribution in [2.24, 2.45) is 0 Å². The summed E-state index contributed by atoms with van der Waals surface area (Å²) in [5.41, 5.74) is 2.42. The summed E-state index contributed by atoms with van der Waals surface area (Å²) in [7, 11) is 4.63. The third kappa shape index (κ3) is 2.88. The predicted octanol–water partition coefficient (Wildman–Crippen LogP) is 3.08. The van der Waals surface area contributed by atoms with Gasteiger partial charge in [-0.3, -0.25) is 0 Å². The molecule has 2 N–H and O–H groups in total. The monoisotopic (exact) mass is 345 g/mol. The average molecular weight is 345 g/mol. The number of nitrogens with one attached hydrogen (secondary N) is 1. The summed E-state index contributed by atoms with van der Waals surface area (Å²) in [5, 5.41) is 11.3. The maximum Gasteiger partial charge on any atom is 0.404 e. The van der Waals surface area contributed by atoms with Crippen LogP contribution in [0.3, 0.4) is 0 Å². The van der Waals surface area contributed by atoms with Gasteiger partial charge in [-0.1, -0.05) is 18.2 Å². The van der Waals surface area contributed by atoms with Gasteiger partial charge in [0, 0.05) is 16.7 Å². The van der Waals surface area contributed by atoms with E-state index in [9.17, 15) is 4.79 Å². The lowest BCUT2D eigenvalue weighted by molar-refractivity contribution is 0.171. The van der Waals surface area contributed by atoms with Crippen molar-refractivity contribution < 1.29 is 28.8 Å². The Kier molecular flexibility index (Phi) is 4.56. The summed E-state index contributed by atoms with van der Waals surface area (Å²) in [6.45, 7) is 0.0926. The van der Waals surface area contributed by atoms with E-state index in [0.29, 0.717) is 23.0 Å². The molecular weight excluding hydrogens is 326 g/mol. The van der Waals surface area contributed by atoms with Crippen LogP contribution in [0.15, 0.2) is 30.3 Å². The number of carbonyl (C=O) groups is 1. The molecule has 0 aliphatic carbocycles. The number of rotatable bonds is 5. The van der Waals surface area contributed by atoms with Crippen molar-refractivity contribution in [2.75, 3.05) is 27.9 Å². The number of hydrogen-bond acceptors (Lipinski definition) is 5. The molecule has 1 aliphatic heterocycles. The third-order valence-corrected chi connectivity index (χ3v) is 4.07. The second-order valence-corrected chi connectivity index (χ2v) is 5.40. The van der Waals surface area contributed by atoms with Gasteiger partial charge in [-0.05, 0) is 12.1 Å². The molecule has 2 aromatic carbocycles. The highest BCUT2D eigenvalue weighted by atomic mass is 16.5. The Bertz CT molecular complexity index is 804. The fourth-order valence-corrected chi connectivity index (χ4v) is 3.03. The summed E-state index contributed by atoms with van der Waals surface area (Å²) in [4.78, 5) is 10.9. The van der Waals surface area contributed by atoms with Crippen LogP contribution in [0.2, 0.25) is 0 Å². The number of ether oxygens (including phenoxy) is 4. The van der Waals surface area contributed by atoms with Crippen LogP contribution in [-0.2, 0) is 0 Å². The maximum atomic E-state index is 10.9. The Hall–Kier alpha value is -3.09. The molecule has 0 saturated heterocycles. The number of methoxy groups -OCH3 is 3. The zero-order valence-electron chi connectivity index (χ0n) is 14.2. The average Bonchev–Trinajstić information content (AvgIpc) is 2.63. The Morgan fingerprint density at radius 2 is 1.88 bits per heavy atom. The van der Waals surface area contributed by atoms with Gasteiger partial charge in [0.25, 0.3) is 0 Å². The first-order chi connectivity index (χ1) is 12.1. The van der Waals surface area contributed by atoms with Crippen LogP contribution in [0.5, 0.6) is 23.0 Å². The smallest absolute Gasteiger partial charge is 0.404 e. The zero-order valence-corrected chi connectivity index (χ0v) is 14.2. The lowest BCUT2D eigenvalue weighted by atomic mass is 9.91. The summed E-state index contributed by atoms with van der Waals surface area (Å²) in [5.74, 6) is 2.14. The van der Waals surface area contributed by atoms with E-state index in [1.165, 1.54) is 7.11 Å². The normalized spacial score (nSPS) is 14.6. The molecule has 0 saturated carbocycles. The SMILES string of the molecule is COc1cc2c(c(OC)c1OC)-c1ccccc1OC2CNC(=O)O. The highest BCUT2D eigenvalue weighted by molar-refractivity contribution is 5.85. The van der Waals surface area contributed by atoms with Gasteiger partial charge in [0.15, 0.2) is 11.5 Å². The van der Waals surface area contributed by atoms with Crippen molar-refractivity contribution in [2.45, 2.75) is 6.10 Å². The first-order valence-corrected chi connectivity index (χ1v) is 7.66. The second kappa shape index (κ2) is 6.80. The van der Waals surface area contributed by atoms with E-state index in [-0.39, 0.29) is 6.54 Å². The van der Waals surface area contributed by atoms with Gasteiger partial charge in [0.1, 0.15) is 11.9 Å². The predicted molar refractivity (Wildman–Crippen MR) is 90.9 cm³/mol. The van der Waals surface area contributed by atoms with Crippen LogP contribution in [0.25, 0.3) is 11.1 Å². The number of hydrogen-bond donors (Lipinski definition) is 2. The van der Waals surface area contributed by atoms with Crippen molar-refractivity contribution in [1.29, 1.82) is 0 Å². The number of carboxylic acid groups (broad SMARTS) is 1. The van der Waals surface area contributed by atoms with Crippen molar-refractivity contribution in [3.63, 3.8) is 0 Å². The maximum absolute atomic E-state index is 10.9. The summed E-state index contributed by atoms with van der Waals surface area (Å²) in [6, 6.07) is 9.31. The minimum Gasteiger partial charge on any atom is -0.493 e. The quantitative estimate of drug-likeness (QED) is 0.866. The lowest BCUT2D eigenvalue weighted by Gasteiger charge is -2.31. The summed E-state index contributed by atoms with van der Waals surface area (Å²) in [6.07, 6.45) is -1.63. The van der Waals surface area contributed by atoms with Gasteiger partial charge >= 0.3 is 6.09 Å². The Morgan fingerprint density at radius 3 is 2.52 bits per heavy atom. The van der Waals surface area contributed by atoms with Crippen LogP contribution in [0.4, 0.5) is 4.79 Å². The minimum atomic E-state index is -1.11. The van der Waals surface area contributed by atoms with E-state index < -0.39 is 12.2 Å². The van der Waals surface area contributed by atoms with E-state index in [1.54, 1.807) is 20.3 Å². The highest BCUT2D eigenvalue weighted by Gasteiger charge is 2.32. The van der Waals surface area contributed by atoms with Crippen LogP contribution in [-0.4, -0.2) is 39.1 Å². The van der Waals surface area contributed by atoms with Crippen LogP contribution in [0, 0.1) is 0 Å². The minimum absolute atomic E-state index is 0.0926. The van der Waals surface area contributed by atoms with E-state index in [4.69, 9.17) is 24.1 Å². The number of amides is 1. The molecular formula is C18H19NO6. The van der Waals surface area contributed by atoms with Crippen molar-refractivity contribution in [1.82, 2.24) is 5.32 Å². The van der Waals surface area contributed by atoms with E-state index >= 15 is 0 Å². The Balaban J connectivity index is 2.24. The molecule has 3 rings (SSSR count). The molecule has 0 spiro atoms. The standard InChI is InChI=1S/C18H19NO6/c1-22-13-8-11-14(9-19-18(20)21)25-12-7-5-4-6-10(12)15(11)17(24-3)16(13)23-2/h4-8,14,19H,9H2,1-3H3,(H,20,21). The molecule has 0 aromatic heterocycles. The third-order valence-electron chi connectivity index (χ3n) is 4.07. The lowest BCUT2D eigenvalue weighted by Crippen LogP contribution is -2.31. The molecule has 7 heteroatoms. The number of para-hydroxylation sites is 1. The second-order valence-electron chi connectivity index (χ2n) is 5.40. The van der Waals surface area contributed by atoms with Gasteiger partial charge in [-0.2, -0.15) is 0 Å². The van der Waals surface area contributed by atoms with Crippen molar-refractivity contribution >= 4 is 6.09 Å². The Morgan fingerprint density at radius 1 is 1.16 bits per heavy atom. The molecule has 0 fully saturated rings. The van der Waals surface area contributed by atoms with Gasteiger partial charge in [-0.15, -0.1) is 0 Å². The molecule has 1 heterocycles. The van der Waals surface area contributed by atoms with Gasteiger partial charge in [0.2, 0.25) is 5.75 Å². The fraction of sp³-hybridized carbons (Fsp3) is 0.278. The Labute approximate surface area is 145 Å². The molecule has 1 amide bonds. The summed E-state index contributed by atoms with van der Waals surface area (Å²) >= 11 is 0. The molecule has 1 atom stereocenters. The number of fused-ring (bicyclic) bond motifs is 3. The molecule has 2 aromatic rings. The molecule has 0 radical (unpaired) electrons. The molecule has 0 bridgehead atoms. The zero-order chi connectivity index (χ0) is 18.0. The van der Waals surface area contributed by atoms with Crippen molar-refractivity contribution in [3.8, 4) is 34.1 Å². The topological polar surface area (TPSA) is 86.3 Å². The molecule has 132 valence electrons. The van der Waals surface area contributed by atoms with Crippen LogP contribution >= 0.6 is 0 Å². The first-order valence-electron chi connectivity index (χ1n) is 7.66. The van der Waals surface area contributed by atoms with Gasteiger partial charge < -0.3 is 29.4 Å².